The molecule has 0 aromatic carbocycles. The van der Waals surface area contributed by atoms with E-state index < -0.39 is 0 Å². The topological polar surface area (TPSA) is 3.24 Å². The number of rotatable bonds is 0. The van der Waals surface area contributed by atoms with Gasteiger partial charge in [-0.15, -0.1) is 0 Å². The summed E-state index contributed by atoms with van der Waals surface area (Å²) >= 11 is 10.3. The number of thiocarbonyl (C=S) groups is 2. The molecule has 0 aromatic heterocycles. The Balaban J connectivity index is 2.84. The van der Waals surface area contributed by atoms with Crippen molar-refractivity contribution in [2.24, 2.45) is 0 Å². The van der Waals surface area contributed by atoms with E-state index in [0.717, 1.165) is 28.4 Å². The van der Waals surface area contributed by atoms with Crippen LogP contribution in [-0.2, 0) is 0 Å². The Morgan fingerprint density at radius 3 is 2.64 bits per heavy atom. The summed E-state index contributed by atoms with van der Waals surface area (Å²) in [4.78, 5) is 4.12. The summed E-state index contributed by atoms with van der Waals surface area (Å²) in [6.07, 6.45) is 2.00. The molecule has 0 unspecified atom stereocenters. The van der Waals surface area contributed by atoms with Crippen LogP contribution in [0.15, 0.2) is 11.6 Å². The number of hydrogen-bond donors (Lipinski definition) is 0. The van der Waals surface area contributed by atoms with Crippen molar-refractivity contribution in [3.63, 3.8) is 0 Å². The van der Waals surface area contributed by atoms with Crippen LogP contribution in [0.4, 0.5) is 0 Å². The van der Waals surface area contributed by atoms with Gasteiger partial charge < -0.3 is 0 Å². The molecule has 1 heterocycles. The van der Waals surface area contributed by atoms with E-state index in [1.807, 2.05) is 20.0 Å². The monoisotopic (exact) mass is 185 g/mol. The molecular formula is C8H11NS2. The van der Waals surface area contributed by atoms with Crippen LogP contribution in [0.3, 0.4) is 0 Å². The quantitative estimate of drug-likeness (QED) is 0.528. The van der Waals surface area contributed by atoms with Crippen LogP contribution in [0.1, 0.15) is 6.92 Å². The summed E-state index contributed by atoms with van der Waals surface area (Å²) in [6.45, 7) is 3.73. The second kappa shape index (κ2) is 3.52. The van der Waals surface area contributed by atoms with E-state index in [1.54, 1.807) is 0 Å². The van der Waals surface area contributed by atoms with Crippen molar-refractivity contribution in [1.29, 1.82) is 0 Å². The Bertz CT molecular complexity index is 230. The lowest BCUT2D eigenvalue weighted by Gasteiger charge is -2.12. The second-order valence-electron chi connectivity index (χ2n) is 2.89. The molecule has 0 fully saturated rings. The van der Waals surface area contributed by atoms with Gasteiger partial charge in [0.05, 0.1) is 0 Å². The predicted molar refractivity (Wildman–Crippen MR) is 56.5 cm³/mol. The predicted octanol–water partition coefficient (Wildman–Crippen LogP) is 1.62. The highest BCUT2D eigenvalue weighted by Gasteiger charge is 2.10. The molecule has 11 heavy (non-hydrogen) atoms. The van der Waals surface area contributed by atoms with Crippen LogP contribution < -0.4 is 0 Å². The summed E-state index contributed by atoms with van der Waals surface area (Å²) in [6, 6.07) is 0. The Morgan fingerprint density at radius 1 is 1.36 bits per heavy atom. The van der Waals surface area contributed by atoms with Crippen molar-refractivity contribution in [1.82, 2.24) is 4.90 Å². The Morgan fingerprint density at radius 2 is 2.00 bits per heavy atom. The van der Waals surface area contributed by atoms with Crippen molar-refractivity contribution in [2.75, 3.05) is 20.1 Å². The third-order valence-corrected chi connectivity index (χ3v) is 2.35. The van der Waals surface area contributed by atoms with Crippen molar-refractivity contribution >= 4 is 34.2 Å². The highest BCUT2D eigenvalue weighted by Crippen LogP contribution is 2.05. The Kier molecular flexibility index (Phi) is 2.87. The lowest BCUT2D eigenvalue weighted by molar-refractivity contribution is 0.443. The van der Waals surface area contributed by atoms with Crippen LogP contribution in [0, 0.1) is 0 Å². The molecule has 1 aliphatic heterocycles. The smallest absolute Gasteiger partial charge is 0.0339 e. The third-order valence-electron chi connectivity index (χ3n) is 1.66. The highest BCUT2D eigenvalue weighted by molar-refractivity contribution is 7.81. The Labute approximate surface area is 78.1 Å². The van der Waals surface area contributed by atoms with Gasteiger partial charge in [-0.05, 0) is 25.6 Å². The molecule has 1 rings (SSSR count). The van der Waals surface area contributed by atoms with Gasteiger partial charge in [-0.3, -0.25) is 4.90 Å². The SMILES string of the molecule is CC1=CC(=S)CN(C)CC1=S. The average Bonchev–Trinajstić information content (AvgIpc) is 1.93. The van der Waals surface area contributed by atoms with Crippen molar-refractivity contribution in [3.05, 3.63) is 11.6 Å². The van der Waals surface area contributed by atoms with Gasteiger partial charge in [-0.1, -0.05) is 24.4 Å². The van der Waals surface area contributed by atoms with E-state index in [-0.39, 0.29) is 0 Å². The minimum atomic E-state index is 0.854. The first-order valence-corrected chi connectivity index (χ1v) is 4.34. The molecule has 0 atom stereocenters. The van der Waals surface area contributed by atoms with Gasteiger partial charge in [0, 0.05) is 22.8 Å². The van der Waals surface area contributed by atoms with Crippen molar-refractivity contribution in [2.45, 2.75) is 6.92 Å². The molecule has 0 N–H and O–H groups in total. The molecule has 0 radical (unpaired) electrons. The number of nitrogens with zero attached hydrogens (tertiary/aromatic N) is 1. The zero-order valence-electron chi connectivity index (χ0n) is 6.76. The van der Waals surface area contributed by atoms with E-state index in [1.165, 1.54) is 0 Å². The first-order chi connectivity index (χ1) is 5.09. The van der Waals surface area contributed by atoms with Gasteiger partial charge in [0.25, 0.3) is 0 Å². The zero-order chi connectivity index (χ0) is 8.43. The van der Waals surface area contributed by atoms with E-state index in [9.17, 15) is 0 Å². The summed E-state index contributed by atoms with van der Waals surface area (Å²) in [5.41, 5.74) is 1.15. The zero-order valence-corrected chi connectivity index (χ0v) is 8.39. The largest absolute Gasteiger partial charge is 0.296 e. The normalized spacial score (nSPS) is 21.5. The minimum absolute atomic E-state index is 0.854. The molecule has 0 aliphatic carbocycles. The standard InChI is InChI=1S/C8H11NS2/c1-6-3-7(10)4-9(2)5-8(6)11/h3H,4-5H2,1-2H3. The van der Waals surface area contributed by atoms with Gasteiger partial charge in [0.15, 0.2) is 0 Å². The average molecular weight is 185 g/mol. The molecular weight excluding hydrogens is 174 g/mol. The van der Waals surface area contributed by atoms with E-state index in [2.05, 4.69) is 4.90 Å². The van der Waals surface area contributed by atoms with Crippen LogP contribution >= 0.6 is 24.4 Å². The molecule has 0 amide bonds. The van der Waals surface area contributed by atoms with Crippen LogP contribution in [-0.4, -0.2) is 34.8 Å². The van der Waals surface area contributed by atoms with Gasteiger partial charge in [-0.2, -0.15) is 0 Å². The summed E-state index contributed by atoms with van der Waals surface area (Å²) in [7, 11) is 2.03. The fourth-order valence-corrected chi connectivity index (χ4v) is 1.74. The lowest BCUT2D eigenvalue weighted by Crippen LogP contribution is -2.26. The van der Waals surface area contributed by atoms with Gasteiger partial charge in [0.2, 0.25) is 0 Å². The minimum Gasteiger partial charge on any atom is -0.296 e. The fraction of sp³-hybridized carbons (Fsp3) is 0.500. The second-order valence-corrected chi connectivity index (χ2v) is 3.91. The van der Waals surface area contributed by atoms with Gasteiger partial charge >= 0.3 is 0 Å². The molecule has 60 valence electrons. The molecule has 0 aromatic rings. The summed E-state index contributed by atoms with van der Waals surface area (Å²) in [5.74, 6) is 0. The van der Waals surface area contributed by atoms with Crippen LogP contribution in [0.2, 0.25) is 0 Å². The third kappa shape index (κ3) is 2.43. The first-order valence-electron chi connectivity index (χ1n) is 3.52. The fourth-order valence-electron chi connectivity index (χ4n) is 1.06. The molecule has 0 spiro atoms. The molecule has 1 nitrogen and oxygen atoms in total. The van der Waals surface area contributed by atoms with E-state index >= 15 is 0 Å². The van der Waals surface area contributed by atoms with Crippen LogP contribution in [0.5, 0.6) is 0 Å². The van der Waals surface area contributed by atoms with E-state index in [4.69, 9.17) is 24.4 Å². The molecule has 0 bridgehead atoms. The Hall–Kier alpha value is -0.120. The number of hydrogen-bond acceptors (Lipinski definition) is 3. The van der Waals surface area contributed by atoms with Crippen molar-refractivity contribution < 1.29 is 0 Å². The van der Waals surface area contributed by atoms with Crippen molar-refractivity contribution in [3.8, 4) is 0 Å². The maximum absolute atomic E-state index is 5.18. The molecule has 0 saturated carbocycles. The molecule has 1 aliphatic rings. The first kappa shape index (κ1) is 8.97. The van der Waals surface area contributed by atoms with Gasteiger partial charge in [0.1, 0.15) is 0 Å². The highest BCUT2D eigenvalue weighted by atomic mass is 32.1. The van der Waals surface area contributed by atoms with E-state index in [0.29, 0.717) is 0 Å². The summed E-state index contributed by atoms with van der Waals surface area (Å²) in [5, 5.41) is 0. The maximum Gasteiger partial charge on any atom is 0.0339 e. The maximum atomic E-state index is 5.18. The molecule has 3 heteroatoms. The summed E-state index contributed by atoms with van der Waals surface area (Å²) < 4.78 is 0. The van der Waals surface area contributed by atoms with Crippen LogP contribution in [0.25, 0.3) is 0 Å². The molecule has 0 saturated heterocycles. The van der Waals surface area contributed by atoms with Gasteiger partial charge in [-0.25, -0.2) is 0 Å². The lowest BCUT2D eigenvalue weighted by atomic mass is 10.2.